The molecule has 0 atom stereocenters. The number of nitrogens with zero attached hydrogens (tertiary/aromatic N) is 2. The maximum Gasteiger partial charge on any atom is 0.241 e. The van der Waals surface area contributed by atoms with E-state index in [2.05, 4.69) is 14.9 Å². The van der Waals surface area contributed by atoms with E-state index in [1.165, 1.54) is 6.33 Å². The molecule has 0 unspecified atom stereocenters. The minimum absolute atomic E-state index is 0.202. The lowest BCUT2D eigenvalue weighted by atomic mass is 10.1. The Morgan fingerprint density at radius 2 is 1.90 bits per heavy atom. The smallest absolute Gasteiger partial charge is 0.241 e. The van der Waals surface area contributed by atoms with Gasteiger partial charge in [-0.2, -0.15) is 4.98 Å². The minimum Gasteiger partial charge on any atom is -0.340 e. The van der Waals surface area contributed by atoms with Crippen LogP contribution in [0.25, 0.3) is 10.8 Å². The molecular formula is C14H13N3O3S. The second-order valence-electron chi connectivity index (χ2n) is 4.46. The number of hydrogen-bond acceptors (Lipinski definition) is 5. The first-order chi connectivity index (χ1) is 10.2. The molecule has 0 spiro atoms. The van der Waals surface area contributed by atoms with Crippen LogP contribution < -0.4 is 4.72 Å². The molecule has 108 valence electrons. The lowest BCUT2D eigenvalue weighted by Gasteiger charge is -2.08. The summed E-state index contributed by atoms with van der Waals surface area (Å²) < 4.78 is 32.2. The number of fused-ring (bicyclic) bond motifs is 1. The third kappa shape index (κ3) is 2.93. The summed E-state index contributed by atoms with van der Waals surface area (Å²) >= 11 is 0. The van der Waals surface area contributed by atoms with Crippen LogP contribution >= 0.6 is 0 Å². The van der Waals surface area contributed by atoms with E-state index < -0.39 is 10.0 Å². The van der Waals surface area contributed by atoms with Crippen molar-refractivity contribution in [1.82, 2.24) is 14.9 Å². The number of nitrogens with one attached hydrogen (secondary N) is 1. The molecule has 1 aromatic heterocycles. The molecule has 0 amide bonds. The Morgan fingerprint density at radius 3 is 2.71 bits per heavy atom. The van der Waals surface area contributed by atoms with Gasteiger partial charge in [-0.05, 0) is 11.5 Å². The summed E-state index contributed by atoms with van der Waals surface area (Å²) in [4.78, 5) is 4.12. The van der Waals surface area contributed by atoms with Gasteiger partial charge in [-0.25, -0.2) is 13.1 Å². The van der Waals surface area contributed by atoms with E-state index in [0.717, 1.165) is 5.39 Å². The van der Waals surface area contributed by atoms with Crippen molar-refractivity contribution in [2.45, 2.75) is 11.3 Å². The predicted octanol–water partition coefficient (Wildman–Crippen LogP) is 1.74. The van der Waals surface area contributed by atoms with Gasteiger partial charge < -0.3 is 4.52 Å². The Bertz CT molecular complexity index is 840. The molecule has 0 saturated carbocycles. The van der Waals surface area contributed by atoms with Crippen LogP contribution in [-0.4, -0.2) is 25.1 Å². The van der Waals surface area contributed by atoms with Crippen LogP contribution in [0.4, 0.5) is 0 Å². The molecule has 0 aliphatic heterocycles. The summed E-state index contributed by atoms with van der Waals surface area (Å²) in [5, 5.41) is 5.06. The van der Waals surface area contributed by atoms with E-state index >= 15 is 0 Å². The molecule has 7 heteroatoms. The predicted molar refractivity (Wildman–Crippen MR) is 77.1 cm³/mol. The summed E-state index contributed by atoms with van der Waals surface area (Å²) in [5.41, 5.74) is 0. The average Bonchev–Trinajstić information content (AvgIpc) is 3.00. The third-order valence-electron chi connectivity index (χ3n) is 3.08. The molecule has 0 aliphatic carbocycles. The Labute approximate surface area is 121 Å². The van der Waals surface area contributed by atoms with Crippen LogP contribution in [0.15, 0.2) is 58.2 Å². The van der Waals surface area contributed by atoms with E-state index in [-0.39, 0.29) is 11.4 Å². The summed E-state index contributed by atoms with van der Waals surface area (Å²) in [6, 6.07) is 12.6. The Hall–Kier alpha value is -2.25. The van der Waals surface area contributed by atoms with E-state index in [1.54, 1.807) is 18.2 Å². The number of rotatable bonds is 5. The molecular weight excluding hydrogens is 290 g/mol. The molecule has 21 heavy (non-hydrogen) atoms. The molecule has 1 heterocycles. The highest BCUT2D eigenvalue weighted by molar-refractivity contribution is 7.89. The highest BCUT2D eigenvalue weighted by Gasteiger charge is 2.16. The Balaban J connectivity index is 1.83. The van der Waals surface area contributed by atoms with Crippen molar-refractivity contribution < 1.29 is 12.9 Å². The molecule has 0 radical (unpaired) electrons. The van der Waals surface area contributed by atoms with Crippen LogP contribution in [0.3, 0.4) is 0 Å². The van der Waals surface area contributed by atoms with Crippen molar-refractivity contribution >= 4 is 20.8 Å². The summed E-state index contributed by atoms with van der Waals surface area (Å²) in [6.07, 6.45) is 1.64. The SMILES string of the molecule is O=S(=O)(NCCc1ncno1)c1cccc2ccccc12. The first kappa shape index (κ1) is 13.7. The van der Waals surface area contributed by atoms with Crippen LogP contribution in [0.5, 0.6) is 0 Å². The summed E-state index contributed by atoms with van der Waals surface area (Å²) in [7, 11) is -3.58. The Kier molecular flexibility index (Phi) is 3.68. The third-order valence-corrected chi connectivity index (χ3v) is 4.60. The molecule has 0 aliphatic rings. The van der Waals surface area contributed by atoms with Gasteiger partial charge in [0.15, 0.2) is 6.33 Å². The van der Waals surface area contributed by atoms with Gasteiger partial charge in [0, 0.05) is 18.4 Å². The summed E-state index contributed by atoms with van der Waals surface area (Å²) in [5.74, 6) is 0.399. The van der Waals surface area contributed by atoms with E-state index in [0.29, 0.717) is 17.7 Å². The maximum absolute atomic E-state index is 12.4. The molecule has 3 rings (SSSR count). The number of benzene rings is 2. The van der Waals surface area contributed by atoms with Crippen LogP contribution in [-0.2, 0) is 16.4 Å². The molecule has 1 N–H and O–H groups in total. The number of sulfonamides is 1. The first-order valence-corrected chi connectivity index (χ1v) is 7.88. The van der Waals surface area contributed by atoms with Crippen molar-refractivity contribution in [2.75, 3.05) is 6.54 Å². The van der Waals surface area contributed by atoms with Crippen LogP contribution in [0, 0.1) is 0 Å². The molecule has 0 bridgehead atoms. The normalized spacial score (nSPS) is 11.8. The van der Waals surface area contributed by atoms with Crippen molar-refractivity contribution in [3.63, 3.8) is 0 Å². The van der Waals surface area contributed by atoms with Gasteiger partial charge in [-0.3, -0.25) is 0 Å². The number of hydrogen-bond donors (Lipinski definition) is 1. The topological polar surface area (TPSA) is 85.1 Å². The van der Waals surface area contributed by atoms with Crippen LogP contribution in [0.1, 0.15) is 5.89 Å². The van der Waals surface area contributed by atoms with Crippen molar-refractivity contribution in [3.8, 4) is 0 Å². The molecule has 2 aromatic carbocycles. The zero-order valence-corrected chi connectivity index (χ0v) is 11.9. The zero-order valence-electron chi connectivity index (χ0n) is 11.1. The van der Waals surface area contributed by atoms with E-state index in [9.17, 15) is 8.42 Å². The standard InChI is InChI=1S/C14H13N3O3S/c18-21(19,17-9-8-14-15-10-16-20-14)13-7-3-5-11-4-1-2-6-12(11)13/h1-7,10,17H,8-9H2. The average molecular weight is 303 g/mol. The lowest BCUT2D eigenvalue weighted by Crippen LogP contribution is -2.26. The molecule has 0 saturated heterocycles. The van der Waals surface area contributed by atoms with Gasteiger partial charge in [-0.15, -0.1) is 0 Å². The van der Waals surface area contributed by atoms with Crippen LogP contribution in [0.2, 0.25) is 0 Å². The second kappa shape index (κ2) is 5.63. The van der Waals surface area contributed by atoms with Gasteiger partial charge in [0.05, 0.1) is 4.90 Å². The van der Waals surface area contributed by atoms with E-state index in [4.69, 9.17) is 4.52 Å². The van der Waals surface area contributed by atoms with E-state index in [1.807, 2.05) is 24.3 Å². The van der Waals surface area contributed by atoms with Crippen molar-refractivity contribution in [1.29, 1.82) is 0 Å². The number of aromatic nitrogens is 2. The van der Waals surface area contributed by atoms with Gasteiger partial charge in [0.25, 0.3) is 0 Å². The van der Waals surface area contributed by atoms with Gasteiger partial charge >= 0.3 is 0 Å². The molecule has 6 nitrogen and oxygen atoms in total. The first-order valence-electron chi connectivity index (χ1n) is 6.40. The quantitative estimate of drug-likeness (QED) is 0.776. The fourth-order valence-electron chi connectivity index (χ4n) is 2.11. The monoisotopic (exact) mass is 303 g/mol. The lowest BCUT2D eigenvalue weighted by molar-refractivity contribution is 0.377. The van der Waals surface area contributed by atoms with Gasteiger partial charge in [-0.1, -0.05) is 41.6 Å². The largest absolute Gasteiger partial charge is 0.340 e. The van der Waals surface area contributed by atoms with Gasteiger partial charge in [0.1, 0.15) is 0 Å². The molecule has 0 fully saturated rings. The van der Waals surface area contributed by atoms with Crippen molar-refractivity contribution in [3.05, 3.63) is 54.7 Å². The Morgan fingerprint density at radius 1 is 1.10 bits per heavy atom. The second-order valence-corrected chi connectivity index (χ2v) is 6.20. The highest BCUT2D eigenvalue weighted by Crippen LogP contribution is 2.22. The minimum atomic E-state index is -3.58. The maximum atomic E-state index is 12.4. The van der Waals surface area contributed by atoms with Crippen molar-refractivity contribution in [2.24, 2.45) is 0 Å². The summed E-state index contributed by atoms with van der Waals surface area (Å²) in [6.45, 7) is 0.202. The van der Waals surface area contributed by atoms with Gasteiger partial charge in [0.2, 0.25) is 15.9 Å². The zero-order chi connectivity index (χ0) is 14.7. The fraction of sp³-hybridized carbons (Fsp3) is 0.143. The highest BCUT2D eigenvalue weighted by atomic mass is 32.2. The fourth-order valence-corrected chi connectivity index (χ4v) is 3.37. The molecule has 3 aromatic rings.